The van der Waals surface area contributed by atoms with Crippen LogP contribution >= 0.6 is 11.3 Å². The Hall–Kier alpha value is -4.73. The van der Waals surface area contributed by atoms with E-state index in [4.69, 9.17) is 9.97 Å². The van der Waals surface area contributed by atoms with Crippen molar-refractivity contribution >= 4 is 32.5 Å². The molecule has 0 spiro atoms. The summed E-state index contributed by atoms with van der Waals surface area (Å²) in [5.74, 6) is 0. The Kier molecular flexibility index (Phi) is 8.42. The first-order chi connectivity index (χ1) is 22.5. The van der Waals surface area contributed by atoms with Crippen molar-refractivity contribution < 1.29 is 20.1 Å². The number of nitrogens with zero attached hydrogens (tertiary/aromatic N) is 2. The fourth-order valence-electron chi connectivity index (χ4n) is 6.39. The summed E-state index contributed by atoms with van der Waals surface area (Å²) in [5, 5.41) is 2.19. The average Bonchev–Trinajstić information content (AvgIpc) is 3.65. The van der Waals surface area contributed by atoms with Gasteiger partial charge in [-0.05, 0) is 45.8 Å². The number of para-hydroxylation sites is 2. The van der Waals surface area contributed by atoms with Gasteiger partial charge in [-0.2, -0.15) is 11.3 Å². The number of fused-ring (bicyclic) bond motifs is 5. The summed E-state index contributed by atoms with van der Waals surface area (Å²) in [7, 11) is 0. The molecular weight excluding hydrogens is 769 g/mol. The van der Waals surface area contributed by atoms with Crippen molar-refractivity contribution in [2.24, 2.45) is 0 Å². The van der Waals surface area contributed by atoms with Gasteiger partial charge < -0.3 is 0 Å². The van der Waals surface area contributed by atoms with Gasteiger partial charge in [-0.1, -0.05) is 122 Å². The number of hydrogen-bond acceptors (Lipinski definition) is 3. The van der Waals surface area contributed by atoms with E-state index in [0.29, 0.717) is 0 Å². The van der Waals surface area contributed by atoms with Crippen LogP contribution in [-0.2, 0) is 25.5 Å². The van der Waals surface area contributed by atoms with Crippen molar-refractivity contribution in [2.45, 2.75) is 19.3 Å². The van der Waals surface area contributed by atoms with Crippen LogP contribution in [0.15, 0.2) is 146 Å². The maximum atomic E-state index is 4.84. The molecule has 1 radical (unpaired) electrons. The van der Waals surface area contributed by atoms with Gasteiger partial charge in [0.2, 0.25) is 0 Å². The molecule has 0 saturated heterocycles. The van der Waals surface area contributed by atoms with E-state index in [0.717, 1.165) is 32.9 Å². The number of aromatic nitrogens is 2. The van der Waals surface area contributed by atoms with Gasteiger partial charge in [0.05, 0.1) is 11.0 Å². The second-order valence-corrected chi connectivity index (χ2v) is 13.1. The minimum absolute atomic E-state index is 0. The van der Waals surface area contributed by atoms with Crippen LogP contribution in [0, 0.1) is 12.1 Å². The normalized spacial score (nSPS) is 12.5. The van der Waals surface area contributed by atoms with Gasteiger partial charge in [0.25, 0.3) is 0 Å². The van der Waals surface area contributed by atoms with E-state index >= 15 is 0 Å². The number of hydrogen-bond donors (Lipinski definition) is 0. The Bertz CT molecular complexity index is 2320. The third-order valence-electron chi connectivity index (χ3n) is 8.82. The molecule has 0 amide bonds. The van der Waals surface area contributed by atoms with Gasteiger partial charge >= 0.3 is 0 Å². The van der Waals surface area contributed by atoms with Crippen LogP contribution in [0.25, 0.3) is 65.2 Å². The first kappa shape index (κ1) is 30.9. The molecule has 2 heterocycles. The van der Waals surface area contributed by atoms with Crippen LogP contribution in [-0.4, -0.2) is 9.97 Å². The summed E-state index contributed by atoms with van der Waals surface area (Å²) in [6, 6.07) is 57.2. The van der Waals surface area contributed by atoms with Gasteiger partial charge in [0, 0.05) is 29.8 Å². The molecule has 0 saturated carbocycles. The fourth-order valence-corrected chi connectivity index (χ4v) is 7.34. The van der Waals surface area contributed by atoms with Crippen molar-refractivity contribution in [3.63, 3.8) is 0 Å². The van der Waals surface area contributed by atoms with E-state index < -0.39 is 0 Å². The van der Waals surface area contributed by atoms with Crippen LogP contribution in [0.1, 0.15) is 25.0 Å². The maximum absolute atomic E-state index is 4.84. The number of pyridine rings is 1. The summed E-state index contributed by atoms with van der Waals surface area (Å²) in [4.78, 5) is 9.54. The van der Waals surface area contributed by atoms with Crippen molar-refractivity contribution in [2.75, 3.05) is 0 Å². The quantitative estimate of drug-likeness (QED) is 0.166. The zero-order valence-corrected chi connectivity index (χ0v) is 29.2. The molecule has 4 heteroatoms. The topological polar surface area (TPSA) is 25.8 Å². The molecule has 229 valence electrons. The monoisotopic (exact) mass is 799 g/mol. The van der Waals surface area contributed by atoms with Crippen LogP contribution in [0.2, 0.25) is 0 Å². The van der Waals surface area contributed by atoms with E-state index in [1.54, 1.807) is 11.3 Å². The summed E-state index contributed by atoms with van der Waals surface area (Å²) in [6.45, 7) is 4.60. The molecule has 9 rings (SSSR count). The van der Waals surface area contributed by atoms with Crippen molar-refractivity contribution in [3.05, 3.63) is 169 Å². The molecule has 2 nitrogen and oxygen atoms in total. The van der Waals surface area contributed by atoms with Crippen LogP contribution < -0.4 is 0 Å². The van der Waals surface area contributed by atoms with Crippen molar-refractivity contribution in [1.82, 2.24) is 9.97 Å². The summed E-state index contributed by atoms with van der Waals surface area (Å²) < 4.78 is 1.21. The Morgan fingerprint density at radius 3 is 2.17 bits per heavy atom. The predicted octanol–water partition coefficient (Wildman–Crippen LogP) is 11.4. The van der Waals surface area contributed by atoms with Crippen LogP contribution in [0.5, 0.6) is 0 Å². The third kappa shape index (κ3) is 5.85. The molecule has 0 fully saturated rings. The first-order valence-corrected chi connectivity index (χ1v) is 16.3. The second kappa shape index (κ2) is 12.8. The van der Waals surface area contributed by atoms with Crippen molar-refractivity contribution in [1.29, 1.82) is 0 Å². The summed E-state index contributed by atoms with van der Waals surface area (Å²) >= 11 is 1.71. The summed E-state index contributed by atoms with van der Waals surface area (Å²) in [5.41, 5.74) is 13.0. The molecular formula is C43H30IrN2S-2. The molecule has 0 unspecified atom stereocenters. The Morgan fingerprint density at radius 1 is 0.574 bits per heavy atom. The minimum atomic E-state index is 0. The van der Waals surface area contributed by atoms with Gasteiger partial charge in [-0.3, -0.25) is 9.97 Å². The zero-order valence-electron chi connectivity index (χ0n) is 26.0. The minimum Gasteiger partial charge on any atom is -0.296 e. The van der Waals surface area contributed by atoms with E-state index in [1.807, 2.05) is 36.4 Å². The molecule has 6 aromatic carbocycles. The van der Waals surface area contributed by atoms with Crippen LogP contribution in [0.3, 0.4) is 0 Å². The van der Waals surface area contributed by atoms with Crippen LogP contribution in [0.4, 0.5) is 0 Å². The SMILES string of the molecule is CC1(C)c2ccccc2-c2c[c-]c(-c3ccc4ccccc4n3)cc21.[Ir].[c-]1ccc(-c2ccccc2)cc1-c1nc2ccccc2s1. The van der Waals surface area contributed by atoms with Gasteiger partial charge in [0.1, 0.15) is 0 Å². The third-order valence-corrected chi connectivity index (χ3v) is 9.89. The largest absolute Gasteiger partial charge is 0.296 e. The molecule has 0 atom stereocenters. The molecule has 0 N–H and O–H groups in total. The van der Waals surface area contributed by atoms with E-state index in [9.17, 15) is 0 Å². The van der Waals surface area contributed by atoms with Gasteiger partial charge in [-0.15, -0.1) is 64.7 Å². The Morgan fingerprint density at radius 2 is 1.32 bits per heavy atom. The Balaban J connectivity index is 0.000000148. The summed E-state index contributed by atoms with van der Waals surface area (Å²) in [6.07, 6.45) is 0. The average molecular weight is 799 g/mol. The van der Waals surface area contributed by atoms with E-state index in [1.165, 1.54) is 43.5 Å². The van der Waals surface area contributed by atoms with Crippen molar-refractivity contribution in [3.8, 4) is 44.1 Å². The second-order valence-electron chi connectivity index (χ2n) is 12.1. The number of benzene rings is 6. The molecule has 1 aliphatic rings. The smallest absolute Gasteiger partial charge is 0.0697 e. The standard InChI is InChI=1S/C24H18N.C19H12NS.Ir/c1-24(2)20-9-5-4-8-18(20)19-13-11-17(15-21(19)24)23-14-12-16-7-3-6-10-22(16)25-23;1-2-7-14(8-3-1)15-9-6-10-16(13-15)19-20-17-11-4-5-12-18(17)21-19;/h3-10,12-15H,1-2H3;1-9,11-13H;/q2*-1;. The molecule has 0 bridgehead atoms. The number of rotatable bonds is 3. The molecule has 1 aliphatic carbocycles. The zero-order chi connectivity index (χ0) is 31.1. The molecule has 2 aromatic heterocycles. The fraction of sp³-hybridized carbons (Fsp3) is 0.0698. The molecule has 0 aliphatic heterocycles. The van der Waals surface area contributed by atoms with E-state index in [2.05, 4.69) is 135 Å². The Labute approximate surface area is 293 Å². The predicted molar refractivity (Wildman–Crippen MR) is 193 cm³/mol. The number of thiazole rings is 1. The molecule has 47 heavy (non-hydrogen) atoms. The molecule has 8 aromatic rings. The van der Waals surface area contributed by atoms with Gasteiger partial charge in [-0.25, -0.2) is 0 Å². The van der Waals surface area contributed by atoms with E-state index in [-0.39, 0.29) is 25.5 Å². The maximum Gasteiger partial charge on any atom is 0.0697 e. The van der Waals surface area contributed by atoms with Gasteiger partial charge in [0.15, 0.2) is 0 Å². The first-order valence-electron chi connectivity index (χ1n) is 15.5.